The fraction of sp³-hybridized carbons (Fsp3) is 0.143. The Bertz CT molecular complexity index is 749. The summed E-state index contributed by atoms with van der Waals surface area (Å²) in [6.45, 7) is 0. The zero-order valence-corrected chi connectivity index (χ0v) is 13.2. The van der Waals surface area contributed by atoms with Gasteiger partial charge in [0.1, 0.15) is 5.75 Å². The van der Waals surface area contributed by atoms with E-state index in [2.05, 4.69) is 15.9 Å². The molecule has 0 bridgehead atoms. The number of halogens is 3. The maximum atomic E-state index is 14.1. The Balaban J connectivity index is 2.37. The Morgan fingerprint density at radius 2 is 1.71 bits per heavy atom. The summed E-state index contributed by atoms with van der Waals surface area (Å²) >= 11 is 3.14. The standard InChI is InChI=1S/C14H12BrF2NO2S/c15-11-6-7-13(12(18)8-11)21(19,20)9-14(16,17)10-4-2-1-3-5-10/h1-8H,9,18H2. The van der Waals surface area contributed by atoms with Gasteiger partial charge in [0.25, 0.3) is 5.92 Å². The van der Waals surface area contributed by atoms with Crippen LogP contribution in [0.3, 0.4) is 0 Å². The van der Waals surface area contributed by atoms with Gasteiger partial charge in [0.05, 0.1) is 10.6 Å². The molecule has 0 fully saturated rings. The van der Waals surface area contributed by atoms with Gasteiger partial charge in [0.15, 0.2) is 9.84 Å². The summed E-state index contributed by atoms with van der Waals surface area (Å²) < 4.78 is 53.2. The van der Waals surface area contributed by atoms with Crippen molar-refractivity contribution in [3.63, 3.8) is 0 Å². The predicted octanol–water partition coefficient (Wildman–Crippen LogP) is 3.60. The van der Waals surface area contributed by atoms with Crippen molar-refractivity contribution < 1.29 is 17.2 Å². The summed E-state index contributed by atoms with van der Waals surface area (Å²) in [6.07, 6.45) is 0. The molecule has 0 aliphatic heterocycles. The molecule has 0 spiro atoms. The lowest BCUT2D eigenvalue weighted by molar-refractivity contribution is 0.0213. The molecular weight excluding hydrogens is 364 g/mol. The maximum Gasteiger partial charge on any atom is 0.287 e. The Morgan fingerprint density at radius 1 is 1.10 bits per heavy atom. The molecule has 0 aliphatic carbocycles. The summed E-state index contributed by atoms with van der Waals surface area (Å²) in [5, 5.41) is 0. The van der Waals surface area contributed by atoms with Crippen LogP contribution in [0.1, 0.15) is 5.56 Å². The van der Waals surface area contributed by atoms with E-state index >= 15 is 0 Å². The number of hydrogen-bond acceptors (Lipinski definition) is 3. The Hall–Kier alpha value is -1.47. The molecular formula is C14H12BrF2NO2S. The topological polar surface area (TPSA) is 60.2 Å². The zero-order valence-electron chi connectivity index (χ0n) is 10.8. The first kappa shape index (κ1) is 15.9. The number of nitrogen functional groups attached to an aromatic ring is 1. The molecule has 0 radical (unpaired) electrons. The largest absolute Gasteiger partial charge is 0.398 e. The van der Waals surface area contributed by atoms with Crippen LogP contribution in [0.25, 0.3) is 0 Å². The minimum absolute atomic E-state index is 0.0618. The molecule has 7 heteroatoms. The van der Waals surface area contributed by atoms with E-state index in [0.717, 1.165) is 0 Å². The van der Waals surface area contributed by atoms with E-state index in [1.165, 1.54) is 42.5 Å². The second-order valence-electron chi connectivity index (χ2n) is 4.51. The summed E-state index contributed by atoms with van der Waals surface area (Å²) in [5.41, 5.74) is 5.21. The SMILES string of the molecule is Nc1cc(Br)ccc1S(=O)(=O)CC(F)(F)c1ccccc1. The highest BCUT2D eigenvalue weighted by molar-refractivity contribution is 9.10. The maximum absolute atomic E-state index is 14.1. The van der Waals surface area contributed by atoms with E-state index in [9.17, 15) is 17.2 Å². The van der Waals surface area contributed by atoms with Crippen LogP contribution in [0.4, 0.5) is 14.5 Å². The van der Waals surface area contributed by atoms with Crippen LogP contribution in [-0.4, -0.2) is 14.2 Å². The van der Waals surface area contributed by atoms with Gasteiger partial charge in [-0.1, -0.05) is 46.3 Å². The fourth-order valence-corrected chi connectivity index (χ4v) is 3.76. The van der Waals surface area contributed by atoms with Crippen LogP contribution in [0.15, 0.2) is 57.9 Å². The first-order chi connectivity index (χ1) is 9.72. The third kappa shape index (κ3) is 3.59. The Labute approximate surface area is 129 Å². The first-order valence-corrected chi connectivity index (χ1v) is 8.38. The molecule has 0 saturated carbocycles. The average Bonchev–Trinajstić information content (AvgIpc) is 2.38. The average molecular weight is 376 g/mol. The van der Waals surface area contributed by atoms with Crippen LogP contribution in [0.5, 0.6) is 0 Å². The van der Waals surface area contributed by atoms with Crippen molar-refractivity contribution in [1.29, 1.82) is 0 Å². The van der Waals surface area contributed by atoms with Gasteiger partial charge in [-0.05, 0) is 18.2 Å². The van der Waals surface area contributed by atoms with Crippen molar-refractivity contribution >= 4 is 31.5 Å². The predicted molar refractivity (Wildman–Crippen MR) is 80.9 cm³/mol. The number of anilines is 1. The quantitative estimate of drug-likeness (QED) is 0.830. The third-order valence-electron chi connectivity index (χ3n) is 2.87. The van der Waals surface area contributed by atoms with Crippen molar-refractivity contribution in [3.8, 4) is 0 Å². The molecule has 0 saturated heterocycles. The number of rotatable bonds is 4. The summed E-state index contributed by atoms with van der Waals surface area (Å²) in [4.78, 5) is -0.290. The monoisotopic (exact) mass is 375 g/mol. The van der Waals surface area contributed by atoms with E-state index in [1.807, 2.05) is 0 Å². The van der Waals surface area contributed by atoms with Crippen LogP contribution in [-0.2, 0) is 15.8 Å². The lowest BCUT2D eigenvalue weighted by atomic mass is 10.1. The number of sulfone groups is 1. The molecule has 3 nitrogen and oxygen atoms in total. The smallest absolute Gasteiger partial charge is 0.287 e. The lowest BCUT2D eigenvalue weighted by Gasteiger charge is -2.17. The molecule has 2 aromatic rings. The summed E-state index contributed by atoms with van der Waals surface area (Å²) in [6, 6.07) is 10.9. The van der Waals surface area contributed by atoms with Gasteiger partial charge in [0.2, 0.25) is 0 Å². The van der Waals surface area contributed by atoms with Gasteiger partial charge in [0, 0.05) is 10.0 Å². The lowest BCUT2D eigenvalue weighted by Crippen LogP contribution is -2.26. The van der Waals surface area contributed by atoms with Crippen LogP contribution >= 0.6 is 15.9 Å². The zero-order chi connectivity index (χ0) is 15.7. The van der Waals surface area contributed by atoms with Gasteiger partial charge in [-0.3, -0.25) is 0 Å². The van der Waals surface area contributed by atoms with E-state index in [1.54, 1.807) is 6.07 Å². The van der Waals surface area contributed by atoms with E-state index < -0.39 is 21.5 Å². The highest BCUT2D eigenvalue weighted by atomic mass is 79.9. The number of alkyl halides is 2. The molecule has 2 N–H and O–H groups in total. The van der Waals surface area contributed by atoms with Gasteiger partial charge in [-0.25, -0.2) is 17.2 Å². The van der Waals surface area contributed by atoms with Crippen LogP contribution < -0.4 is 5.73 Å². The fourth-order valence-electron chi connectivity index (χ4n) is 1.88. The van der Waals surface area contributed by atoms with Gasteiger partial charge in [-0.2, -0.15) is 0 Å². The highest BCUT2D eigenvalue weighted by Crippen LogP contribution is 2.33. The van der Waals surface area contributed by atoms with Crippen molar-refractivity contribution in [2.75, 3.05) is 11.5 Å². The third-order valence-corrected chi connectivity index (χ3v) is 5.15. The van der Waals surface area contributed by atoms with Crippen molar-refractivity contribution in [3.05, 3.63) is 58.6 Å². The molecule has 21 heavy (non-hydrogen) atoms. The van der Waals surface area contributed by atoms with E-state index in [-0.39, 0.29) is 16.1 Å². The first-order valence-electron chi connectivity index (χ1n) is 5.93. The number of hydrogen-bond donors (Lipinski definition) is 1. The molecule has 0 amide bonds. The van der Waals surface area contributed by atoms with Crippen molar-refractivity contribution in [2.24, 2.45) is 0 Å². The minimum atomic E-state index is -4.21. The molecule has 2 aromatic carbocycles. The summed E-state index contributed by atoms with van der Waals surface area (Å²) in [7, 11) is -4.21. The molecule has 0 aliphatic rings. The Kier molecular flexibility index (Phi) is 4.34. The van der Waals surface area contributed by atoms with Gasteiger partial charge >= 0.3 is 0 Å². The molecule has 0 unspecified atom stereocenters. The minimum Gasteiger partial charge on any atom is -0.398 e. The molecule has 112 valence electrons. The van der Waals surface area contributed by atoms with E-state index in [0.29, 0.717) is 4.47 Å². The molecule has 0 atom stereocenters. The number of nitrogens with two attached hydrogens (primary N) is 1. The second kappa shape index (κ2) is 5.73. The van der Waals surface area contributed by atoms with Crippen molar-refractivity contribution in [2.45, 2.75) is 10.8 Å². The Morgan fingerprint density at radius 3 is 2.29 bits per heavy atom. The van der Waals surface area contributed by atoms with Crippen LogP contribution in [0, 0.1) is 0 Å². The summed E-state index contributed by atoms with van der Waals surface area (Å²) in [5.74, 6) is -4.81. The molecule has 0 aromatic heterocycles. The van der Waals surface area contributed by atoms with Gasteiger partial charge in [-0.15, -0.1) is 0 Å². The molecule has 2 rings (SSSR count). The molecule has 0 heterocycles. The van der Waals surface area contributed by atoms with E-state index in [4.69, 9.17) is 5.73 Å². The van der Waals surface area contributed by atoms with Gasteiger partial charge < -0.3 is 5.73 Å². The van der Waals surface area contributed by atoms with Crippen molar-refractivity contribution in [1.82, 2.24) is 0 Å². The highest BCUT2D eigenvalue weighted by Gasteiger charge is 2.38. The van der Waals surface area contributed by atoms with Crippen LogP contribution in [0.2, 0.25) is 0 Å². The second-order valence-corrected chi connectivity index (χ2v) is 7.39. The number of benzene rings is 2. The normalized spacial score (nSPS) is 12.3.